The standard InChI is InChI=1S/C26H23ClN4O2/c1-2-15-28-25(32)21-14-13-19(16-23(21)27)29-26(33)22-17-31(20-11-7-4-8-12-20)30-24(22)18-9-5-3-6-10-18/h3-14,16-17H,2,15H2,1H3,(H,28,32)(H,29,33). The van der Waals surface area contributed by atoms with Crippen LogP contribution in [-0.4, -0.2) is 28.1 Å². The van der Waals surface area contributed by atoms with Crippen LogP contribution in [0.1, 0.15) is 34.1 Å². The van der Waals surface area contributed by atoms with E-state index in [1.165, 1.54) is 0 Å². The minimum atomic E-state index is -0.324. The summed E-state index contributed by atoms with van der Waals surface area (Å²) in [6.45, 7) is 2.55. The van der Waals surface area contributed by atoms with Crippen LogP contribution < -0.4 is 10.6 Å². The first-order valence-corrected chi connectivity index (χ1v) is 11.0. The first-order chi connectivity index (χ1) is 16.1. The van der Waals surface area contributed by atoms with Gasteiger partial charge in [0.1, 0.15) is 5.69 Å². The fourth-order valence-corrected chi connectivity index (χ4v) is 3.64. The molecule has 0 aliphatic heterocycles. The first-order valence-electron chi connectivity index (χ1n) is 10.7. The average molecular weight is 459 g/mol. The van der Waals surface area contributed by atoms with Crippen molar-refractivity contribution in [2.75, 3.05) is 11.9 Å². The van der Waals surface area contributed by atoms with Gasteiger partial charge >= 0.3 is 0 Å². The van der Waals surface area contributed by atoms with Gasteiger partial charge in [-0.25, -0.2) is 4.68 Å². The summed E-state index contributed by atoms with van der Waals surface area (Å²) in [6.07, 6.45) is 2.54. The normalized spacial score (nSPS) is 10.6. The Hall–Kier alpha value is -3.90. The van der Waals surface area contributed by atoms with Gasteiger partial charge in [-0.05, 0) is 36.8 Å². The molecule has 0 aliphatic carbocycles. The van der Waals surface area contributed by atoms with Gasteiger partial charge in [-0.15, -0.1) is 0 Å². The van der Waals surface area contributed by atoms with E-state index in [4.69, 9.17) is 11.6 Å². The molecule has 7 heteroatoms. The maximum absolute atomic E-state index is 13.2. The Labute approximate surface area is 197 Å². The Morgan fingerprint density at radius 3 is 2.27 bits per heavy atom. The Balaban J connectivity index is 1.63. The number of hydrogen-bond acceptors (Lipinski definition) is 3. The zero-order chi connectivity index (χ0) is 23.2. The van der Waals surface area contributed by atoms with Crippen molar-refractivity contribution in [3.8, 4) is 16.9 Å². The van der Waals surface area contributed by atoms with Gasteiger partial charge in [0.25, 0.3) is 11.8 Å². The third-order valence-corrected chi connectivity index (χ3v) is 5.35. The lowest BCUT2D eigenvalue weighted by molar-refractivity contribution is 0.0953. The van der Waals surface area contributed by atoms with E-state index in [9.17, 15) is 9.59 Å². The maximum Gasteiger partial charge on any atom is 0.259 e. The van der Waals surface area contributed by atoms with Crippen molar-refractivity contribution in [1.82, 2.24) is 15.1 Å². The number of benzene rings is 3. The summed E-state index contributed by atoms with van der Waals surface area (Å²) in [7, 11) is 0. The highest BCUT2D eigenvalue weighted by Gasteiger charge is 2.19. The van der Waals surface area contributed by atoms with Crippen LogP contribution in [0.15, 0.2) is 85.1 Å². The number of rotatable bonds is 7. The average Bonchev–Trinajstić information content (AvgIpc) is 3.29. The number of amides is 2. The zero-order valence-corrected chi connectivity index (χ0v) is 18.8. The number of halogens is 1. The molecule has 166 valence electrons. The summed E-state index contributed by atoms with van der Waals surface area (Å²) in [5.74, 6) is -0.564. The van der Waals surface area contributed by atoms with Crippen molar-refractivity contribution in [2.45, 2.75) is 13.3 Å². The van der Waals surface area contributed by atoms with Gasteiger partial charge in [0.05, 0.1) is 21.8 Å². The lowest BCUT2D eigenvalue weighted by atomic mass is 10.1. The molecule has 0 spiro atoms. The fourth-order valence-electron chi connectivity index (χ4n) is 3.37. The number of nitrogens with zero attached hydrogens (tertiary/aromatic N) is 2. The lowest BCUT2D eigenvalue weighted by Crippen LogP contribution is -2.24. The highest BCUT2D eigenvalue weighted by Crippen LogP contribution is 2.26. The third kappa shape index (κ3) is 5.13. The van der Waals surface area contributed by atoms with Crippen LogP contribution in [-0.2, 0) is 0 Å². The summed E-state index contributed by atoms with van der Waals surface area (Å²) < 4.78 is 1.69. The van der Waals surface area contributed by atoms with Crippen molar-refractivity contribution in [3.63, 3.8) is 0 Å². The van der Waals surface area contributed by atoms with Gasteiger partial charge in [0, 0.05) is 24.0 Å². The molecule has 6 nitrogen and oxygen atoms in total. The molecule has 3 aromatic carbocycles. The van der Waals surface area contributed by atoms with Crippen LogP contribution in [0.2, 0.25) is 5.02 Å². The number of carbonyl (C=O) groups is 2. The van der Waals surface area contributed by atoms with Crippen molar-refractivity contribution in [2.24, 2.45) is 0 Å². The van der Waals surface area contributed by atoms with E-state index in [0.29, 0.717) is 29.1 Å². The second-order valence-corrected chi connectivity index (χ2v) is 7.85. The Morgan fingerprint density at radius 2 is 1.61 bits per heavy atom. The molecule has 0 atom stereocenters. The molecule has 4 aromatic rings. The molecular formula is C26H23ClN4O2. The number of hydrogen-bond donors (Lipinski definition) is 2. The second kappa shape index (κ2) is 10.1. The second-order valence-electron chi connectivity index (χ2n) is 7.44. The van der Waals surface area contributed by atoms with Gasteiger partial charge in [-0.3, -0.25) is 9.59 Å². The fraction of sp³-hybridized carbons (Fsp3) is 0.115. The van der Waals surface area contributed by atoms with Gasteiger partial charge in [0.15, 0.2) is 0 Å². The summed E-state index contributed by atoms with van der Waals surface area (Å²) in [6, 6.07) is 24.0. The van der Waals surface area contributed by atoms with E-state index in [0.717, 1.165) is 17.7 Å². The van der Waals surface area contributed by atoms with Crippen molar-refractivity contribution in [1.29, 1.82) is 0 Å². The molecule has 0 bridgehead atoms. The number of aromatic nitrogens is 2. The summed E-state index contributed by atoms with van der Waals surface area (Å²) >= 11 is 6.32. The van der Waals surface area contributed by atoms with E-state index in [1.54, 1.807) is 29.1 Å². The molecule has 2 N–H and O–H groups in total. The van der Waals surface area contributed by atoms with Crippen molar-refractivity contribution < 1.29 is 9.59 Å². The van der Waals surface area contributed by atoms with Crippen LogP contribution in [0.25, 0.3) is 16.9 Å². The number of para-hydroxylation sites is 1. The highest BCUT2D eigenvalue weighted by atomic mass is 35.5. The Morgan fingerprint density at radius 1 is 0.909 bits per heavy atom. The van der Waals surface area contributed by atoms with Crippen LogP contribution in [0.5, 0.6) is 0 Å². The monoisotopic (exact) mass is 458 g/mol. The topological polar surface area (TPSA) is 76.0 Å². The molecule has 0 fully saturated rings. The van der Waals surface area contributed by atoms with Gasteiger partial charge < -0.3 is 10.6 Å². The largest absolute Gasteiger partial charge is 0.352 e. The minimum absolute atomic E-state index is 0.241. The molecule has 1 heterocycles. The molecule has 33 heavy (non-hydrogen) atoms. The molecule has 4 rings (SSSR count). The quantitative estimate of drug-likeness (QED) is 0.379. The van der Waals surface area contributed by atoms with Crippen LogP contribution in [0, 0.1) is 0 Å². The number of anilines is 1. The summed E-state index contributed by atoms with van der Waals surface area (Å²) in [4.78, 5) is 25.5. The summed E-state index contributed by atoms with van der Waals surface area (Å²) in [5.41, 5.74) is 3.52. The molecule has 1 aromatic heterocycles. The van der Waals surface area contributed by atoms with Crippen molar-refractivity contribution >= 4 is 29.1 Å². The van der Waals surface area contributed by atoms with E-state index in [-0.39, 0.29) is 16.8 Å². The SMILES string of the molecule is CCCNC(=O)c1ccc(NC(=O)c2cn(-c3ccccc3)nc2-c2ccccc2)cc1Cl. The van der Waals surface area contributed by atoms with E-state index >= 15 is 0 Å². The van der Waals surface area contributed by atoms with Gasteiger partial charge in [0.2, 0.25) is 0 Å². The Bertz CT molecular complexity index is 1270. The lowest BCUT2D eigenvalue weighted by Gasteiger charge is -2.09. The Kier molecular flexibility index (Phi) is 6.86. The number of carbonyl (C=O) groups excluding carboxylic acids is 2. The van der Waals surface area contributed by atoms with Crippen LogP contribution >= 0.6 is 11.6 Å². The molecule has 0 aliphatic rings. The molecule has 0 saturated carbocycles. The van der Waals surface area contributed by atoms with Crippen LogP contribution in [0.4, 0.5) is 5.69 Å². The number of nitrogens with one attached hydrogen (secondary N) is 2. The molecule has 2 amide bonds. The minimum Gasteiger partial charge on any atom is -0.352 e. The molecule has 0 unspecified atom stereocenters. The zero-order valence-electron chi connectivity index (χ0n) is 18.1. The predicted octanol–water partition coefficient (Wildman–Crippen LogP) is 5.58. The van der Waals surface area contributed by atoms with E-state index in [2.05, 4.69) is 15.7 Å². The third-order valence-electron chi connectivity index (χ3n) is 5.03. The molecular weight excluding hydrogens is 436 g/mol. The maximum atomic E-state index is 13.2. The highest BCUT2D eigenvalue weighted by molar-refractivity contribution is 6.34. The summed E-state index contributed by atoms with van der Waals surface area (Å²) in [5, 5.41) is 10.6. The van der Waals surface area contributed by atoms with E-state index in [1.807, 2.05) is 67.6 Å². The van der Waals surface area contributed by atoms with Gasteiger partial charge in [-0.2, -0.15) is 5.10 Å². The van der Waals surface area contributed by atoms with Gasteiger partial charge in [-0.1, -0.05) is 67.1 Å². The van der Waals surface area contributed by atoms with E-state index < -0.39 is 0 Å². The predicted molar refractivity (Wildman–Crippen MR) is 131 cm³/mol. The van der Waals surface area contributed by atoms with Crippen molar-refractivity contribution in [3.05, 3.63) is 101 Å². The smallest absolute Gasteiger partial charge is 0.259 e. The molecule has 0 radical (unpaired) electrons. The first kappa shape index (κ1) is 22.3. The van der Waals surface area contributed by atoms with Crippen LogP contribution in [0.3, 0.4) is 0 Å². The molecule has 0 saturated heterocycles.